The standard InChI is InChI=1S/C37H42N6O3S2/c1-4-41(5-2)29-21-20-28(26-18-12-13-19-27(26)29)39-40-36-38-33-31(48-36)22-30(47-33)23(3)32-34(44)42(24-14-8-6-9-15-24)37(46)43(35(32)45)25-16-10-7-11-17-25/h12-13,18-22,24-25H,4-11,14-17H2,1-3H3. The zero-order valence-electron chi connectivity index (χ0n) is 27.9. The molecule has 0 spiro atoms. The first kappa shape index (κ1) is 32.6. The number of benzene rings is 2. The quantitative estimate of drug-likeness (QED) is 0.105. The number of barbiturate groups is 1. The van der Waals surface area contributed by atoms with Gasteiger partial charge in [-0.1, -0.05) is 74.1 Å². The molecular formula is C37H42N6O3S2. The summed E-state index contributed by atoms with van der Waals surface area (Å²) in [7, 11) is 0. The van der Waals surface area contributed by atoms with E-state index in [1.165, 1.54) is 38.2 Å². The Hall–Kier alpha value is -3.96. The molecule has 1 aliphatic heterocycles. The Labute approximate surface area is 289 Å². The van der Waals surface area contributed by atoms with Gasteiger partial charge in [-0.3, -0.25) is 19.4 Å². The van der Waals surface area contributed by atoms with Gasteiger partial charge in [0.1, 0.15) is 10.4 Å². The number of thiazole rings is 1. The zero-order valence-corrected chi connectivity index (χ0v) is 29.5. The van der Waals surface area contributed by atoms with E-state index in [2.05, 4.69) is 47.2 Å². The largest absolute Gasteiger partial charge is 0.372 e. The molecule has 0 N–H and O–H groups in total. The number of rotatable bonds is 8. The molecule has 9 nitrogen and oxygen atoms in total. The number of amides is 4. The van der Waals surface area contributed by atoms with Gasteiger partial charge < -0.3 is 4.90 Å². The molecule has 0 bridgehead atoms. The van der Waals surface area contributed by atoms with E-state index in [0.717, 1.165) is 108 Å². The second kappa shape index (κ2) is 13.9. The highest BCUT2D eigenvalue weighted by atomic mass is 32.1. The van der Waals surface area contributed by atoms with Crippen molar-refractivity contribution in [3.63, 3.8) is 0 Å². The Kier molecular flexibility index (Phi) is 9.42. The highest BCUT2D eigenvalue weighted by molar-refractivity contribution is 7.29. The molecular weight excluding hydrogens is 641 g/mol. The molecule has 48 heavy (non-hydrogen) atoms. The van der Waals surface area contributed by atoms with Crippen molar-refractivity contribution in [2.24, 2.45) is 10.2 Å². The number of carbonyl (C=O) groups is 3. The molecule has 3 aliphatic rings. The predicted molar refractivity (Wildman–Crippen MR) is 195 cm³/mol. The minimum absolute atomic E-state index is 0.125. The van der Waals surface area contributed by atoms with E-state index >= 15 is 0 Å². The first-order valence-electron chi connectivity index (χ1n) is 17.4. The van der Waals surface area contributed by atoms with E-state index < -0.39 is 17.8 Å². The van der Waals surface area contributed by atoms with Crippen molar-refractivity contribution in [2.75, 3.05) is 18.0 Å². The van der Waals surface area contributed by atoms with Gasteiger partial charge in [-0.05, 0) is 70.2 Å². The maximum atomic E-state index is 14.1. The summed E-state index contributed by atoms with van der Waals surface area (Å²) >= 11 is 2.87. The number of fused-ring (bicyclic) bond motifs is 2. The van der Waals surface area contributed by atoms with Crippen molar-refractivity contribution < 1.29 is 14.4 Å². The maximum absolute atomic E-state index is 14.1. The van der Waals surface area contributed by atoms with E-state index in [9.17, 15) is 14.4 Å². The number of imide groups is 2. The van der Waals surface area contributed by atoms with Crippen LogP contribution in [-0.2, 0) is 9.59 Å². The fraction of sp³-hybridized carbons (Fsp3) is 0.459. The van der Waals surface area contributed by atoms with Crippen LogP contribution in [0.15, 0.2) is 58.3 Å². The first-order valence-corrected chi connectivity index (χ1v) is 19.0. The van der Waals surface area contributed by atoms with E-state index in [0.29, 0.717) is 10.7 Å². The van der Waals surface area contributed by atoms with Gasteiger partial charge in [-0.25, -0.2) is 9.78 Å². The van der Waals surface area contributed by atoms with Crippen LogP contribution < -0.4 is 4.90 Å². The highest BCUT2D eigenvalue weighted by Crippen LogP contribution is 2.41. The Morgan fingerprint density at radius 3 is 2.00 bits per heavy atom. The van der Waals surface area contributed by atoms with Gasteiger partial charge in [0.15, 0.2) is 0 Å². The monoisotopic (exact) mass is 682 g/mol. The number of anilines is 1. The molecule has 2 aromatic carbocycles. The third-order valence-electron chi connectivity index (χ3n) is 10.2. The topological polar surface area (TPSA) is 98.5 Å². The average molecular weight is 683 g/mol. The molecule has 4 aromatic rings. The average Bonchev–Trinajstić information content (AvgIpc) is 3.69. The van der Waals surface area contributed by atoms with Crippen molar-refractivity contribution in [1.29, 1.82) is 0 Å². The van der Waals surface area contributed by atoms with Crippen molar-refractivity contribution in [1.82, 2.24) is 14.8 Å². The number of aromatic nitrogens is 1. The SMILES string of the molecule is CCN(CC)c1ccc(N=Nc2nc3sc(C(C)=C4C(=O)N(C5CCCCC5)C(=O)N(C5CCCCC5)C4=O)cc3s2)c2ccccc12. The molecule has 250 valence electrons. The summed E-state index contributed by atoms with van der Waals surface area (Å²) in [4.78, 5) is 53.5. The minimum Gasteiger partial charge on any atom is -0.372 e. The third-order valence-corrected chi connectivity index (χ3v) is 12.4. The summed E-state index contributed by atoms with van der Waals surface area (Å²) in [5.74, 6) is -0.889. The number of thiophene rings is 1. The van der Waals surface area contributed by atoms with Crippen LogP contribution in [0.3, 0.4) is 0 Å². The number of carbonyl (C=O) groups excluding carboxylic acids is 3. The van der Waals surface area contributed by atoms with Gasteiger partial charge in [-0.15, -0.1) is 21.6 Å². The third kappa shape index (κ3) is 5.96. The Bertz CT molecular complexity index is 1850. The fourth-order valence-corrected chi connectivity index (χ4v) is 9.67. The molecule has 2 aliphatic carbocycles. The molecule has 2 aromatic heterocycles. The van der Waals surface area contributed by atoms with Gasteiger partial charge >= 0.3 is 6.03 Å². The second-order valence-electron chi connectivity index (χ2n) is 13.0. The molecule has 3 fully saturated rings. The van der Waals surface area contributed by atoms with Crippen LogP contribution in [0.5, 0.6) is 0 Å². The summed E-state index contributed by atoms with van der Waals surface area (Å²) < 4.78 is 0.922. The van der Waals surface area contributed by atoms with E-state index in [1.54, 1.807) is 0 Å². The number of nitrogens with zero attached hydrogens (tertiary/aromatic N) is 6. The molecule has 2 saturated carbocycles. The van der Waals surface area contributed by atoms with Crippen molar-refractivity contribution >= 4 is 82.9 Å². The molecule has 0 radical (unpaired) electrons. The molecule has 7 rings (SSSR count). The summed E-state index contributed by atoms with van der Waals surface area (Å²) in [5.41, 5.74) is 2.71. The Morgan fingerprint density at radius 2 is 1.42 bits per heavy atom. The number of allylic oxidation sites excluding steroid dienone is 1. The summed E-state index contributed by atoms with van der Waals surface area (Å²) in [5, 5.41) is 11.9. The van der Waals surface area contributed by atoms with Crippen molar-refractivity contribution in [3.8, 4) is 0 Å². The highest BCUT2D eigenvalue weighted by Gasteiger charge is 2.48. The molecule has 1 saturated heterocycles. The van der Waals surface area contributed by atoms with Gasteiger partial charge in [0, 0.05) is 46.5 Å². The Balaban J connectivity index is 1.19. The number of hydrogen-bond acceptors (Lipinski definition) is 9. The predicted octanol–water partition coefficient (Wildman–Crippen LogP) is 10.0. The van der Waals surface area contributed by atoms with Crippen LogP contribution >= 0.6 is 22.7 Å². The Morgan fingerprint density at radius 1 is 0.812 bits per heavy atom. The van der Waals surface area contributed by atoms with Crippen LogP contribution in [0.2, 0.25) is 0 Å². The number of hydrogen-bond donors (Lipinski definition) is 0. The van der Waals surface area contributed by atoms with Crippen LogP contribution in [0.25, 0.3) is 25.9 Å². The van der Waals surface area contributed by atoms with Crippen LogP contribution in [-0.4, -0.2) is 57.8 Å². The fourth-order valence-electron chi connectivity index (χ4n) is 7.63. The lowest BCUT2D eigenvalue weighted by molar-refractivity contribution is -0.139. The molecule has 4 amide bonds. The molecule has 0 atom stereocenters. The summed E-state index contributed by atoms with van der Waals surface area (Å²) in [6.45, 7) is 8.00. The van der Waals surface area contributed by atoms with Crippen LogP contribution in [0, 0.1) is 0 Å². The van der Waals surface area contributed by atoms with Gasteiger partial charge in [0.25, 0.3) is 11.8 Å². The lowest BCUT2D eigenvalue weighted by Gasteiger charge is -2.43. The zero-order chi connectivity index (χ0) is 33.4. The molecule has 11 heteroatoms. The summed E-state index contributed by atoms with van der Waals surface area (Å²) in [6.07, 6.45) is 9.35. The lowest BCUT2D eigenvalue weighted by atomic mass is 9.90. The van der Waals surface area contributed by atoms with Crippen molar-refractivity contribution in [3.05, 3.63) is 52.9 Å². The van der Waals surface area contributed by atoms with Gasteiger partial charge in [-0.2, -0.15) is 0 Å². The molecule has 0 unspecified atom stereocenters. The lowest BCUT2D eigenvalue weighted by Crippen LogP contribution is -2.62. The number of urea groups is 1. The normalized spacial score (nSPS) is 18.6. The minimum atomic E-state index is -0.445. The molecule has 3 heterocycles. The second-order valence-corrected chi connectivity index (χ2v) is 15.1. The van der Waals surface area contributed by atoms with Crippen LogP contribution in [0.4, 0.5) is 21.3 Å². The van der Waals surface area contributed by atoms with E-state index in [-0.39, 0.29) is 17.7 Å². The summed E-state index contributed by atoms with van der Waals surface area (Å²) in [6, 6.07) is 13.6. The van der Waals surface area contributed by atoms with Gasteiger partial charge in [0.2, 0.25) is 5.13 Å². The van der Waals surface area contributed by atoms with Gasteiger partial charge in [0.05, 0.1) is 10.4 Å². The first-order chi connectivity index (χ1) is 23.4. The van der Waals surface area contributed by atoms with E-state index in [4.69, 9.17) is 4.98 Å². The smallest absolute Gasteiger partial charge is 0.334 e. The van der Waals surface area contributed by atoms with Crippen LogP contribution in [0.1, 0.15) is 89.9 Å². The van der Waals surface area contributed by atoms with Crippen molar-refractivity contribution in [2.45, 2.75) is 97.1 Å². The maximum Gasteiger partial charge on any atom is 0.334 e. The number of azo groups is 1. The van der Waals surface area contributed by atoms with E-state index in [1.807, 2.05) is 31.2 Å².